The number of rotatable bonds is 6. The van der Waals surface area contributed by atoms with Gasteiger partial charge in [-0.3, -0.25) is 0 Å². The van der Waals surface area contributed by atoms with E-state index in [1.54, 1.807) is 11.8 Å². The maximum absolute atomic E-state index is 11.0. The van der Waals surface area contributed by atoms with Crippen molar-refractivity contribution in [1.82, 2.24) is 15.0 Å². The average molecular weight is 415 g/mol. The number of methoxy groups -OCH3 is 1. The van der Waals surface area contributed by atoms with Gasteiger partial charge in [-0.15, -0.1) is 5.10 Å². The first-order valence-electron chi connectivity index (χ1n) is 10.5. The van der Waals surface area contributed by atoms with Gasteiger partial charge in [-0.1, -0.05) is 35.5 Å². The summed E-state index contributed by atoms with van der Waals surface area (Å²) in [7, 11) is 3.52. The molecule has 1 N–H and O–H groups in total. The predicted molar refractivity (Wildman–Crippen MR) is 118 cm³/mol. The zero-order chi connectivity index (χ0) is 21.4. The summed E-state index contributed by atoms with van der Waals surface area (Å²) in [6.45, 7) is 0.546. The summed E-state index contributed by atoms with van der Waals surface area (Å²) in [5.41, 5.74) is 6.97. The minimum absolute atomic E-state index is 0.0340. The highest BCUT2D eigenvalue weighted by atomic mass is 16.5. The Balaban J connectivity index is 1.34. The third-order valence-electron chi connectivity index (χ3n) is 6.07. The maximum atomic E-state index is 11.0. The van der Waals surface area contributed by atoms with Crippen LogP contribution in [0.2, 0.25) is 0 Å². The molecule has 0 fully saturated rings. The third kappa shape index (κ3) is 3.80. The van der Waals surface area contributed by atoms with Crippen molar-refractivity contribution in [2.45, 2.75) is 31.7 Å². The van der Waals surface area contributed by atoms with Gasteiger partial charge in [0.2, 0.25) is 0 Å². The van der Waals surface area contributed by atoms with Crippen molar-refractivity contribution in [1.29, 1.82) is 0 Å². The SMILES string of the molecule is COc1ccc(COC2CCc3ccc(C(O)c4ccc5c(c4)nnn5C)cc32)cc1. The highest BCUT2D eigenvalue weighted by molar-refractivity contribution is 5.75. The number of benzene rings is 3. The Kier molecular flexibility index (Phi) is 5.18. The van der Waals surface area contributed by atoms with Gasteiger partial charge in [-0.2, -0.15) is 0 Å². The van der Waals surface area contributed by atoms with Crippen LogP contribution in [0.15, 0.2) is 60.7 Å². The molecule has 2 atom stereocenters. The van der Waals surface area contributed by atoms with E-state index in [4.69, 9.17) is 9.47 Å². The van der Waals surface area contributed by atoms with Crippen LogP contribution < -0.4 is 4.74 Å². The van der Waals surface area contributed by atoms with Gasteiger partial charge in [0, 0.05) is 7.05 Å². The number of aromatic nitrogens is 3. The van der Waals surface area contributed by atoms with Crippen LogP contribution in [0.1, 0.15) is 46.4 Å². The average Bonchev–Trinajstić information content (AvgIpc) is 3.40. The molecule has 0 spiro atoms. The van der Waals surface area contributed by atoms with Crippen LogP contribution in [-0.4, -0.2) is 27.2 Å². The van der Waals surface area contributed by atoms with Gasteiger partial charge < -0.3 is 14.6 Å². The molecule has 1 aliphatic carbocycles. The predicted octanol–water partition coefficient (Wildman–Crippen LogP) is 4.26. The van der Waals surface area contributed by atoms with Crippen molar-refractivity contribution >= 4 is 11.0 Å². The second-order valence-corrected chi connectivity index (χ2v) is 8.01. The first-order chi connectivity index (χ1) is 15.1. The van der Waals surface area contributed by atoms with Gasteiger partial charge in [0.25, 0.3) is 0 Å². The van der Waals surface area contributed by atoms with Crippen LogP contribution in [0.25, 0.3) is 11.0 Å². The Morgan fingerprint density at radius 1 is 1.06 bits per heavy atom. The lowest BCUT2D eigenvalue weighted by Gasteiger charge is -2.17. The highest BCUT2D eigenvalue weighted by Crippen LogP contribution is 2.37. The summed E-state index contributed by atoms with van der Waals surface area (Å²) < 4.78 is 13.2. The molecular formula is C25H25N3O3. The molecule has 6 heteroatoms. The fourth-order valence-corrected chi connectivity index (χ4v) is 4.26. The minimum Gasteiger partial charge on any atom is -0.497 e. The van der Waals surface area contributed by atoms with Gasteiger partial charge in [0.05, 0.1) is 25.3 Å². The summed E-state index contributed by atoms with van der Waals surface area (Å²) in [6.07, 6.45) is 1.26. The van der Waals surface area contributed by atoms with E-state index in [-0.39, 0.29) is 6.10 Å². The van der Waals surface area contributed by atoms with E-state index >= 15 is 0 Å². The van der Waals surface area contributed by atoms with Crippen LogP contribution in [-0.2, 0) is 24.8 Å². The summed E-state index contributed by atoms with van der Waals surface area (Å²) in [4.78, 5) is 0. The molecule has 6 nitrogen and oxygen atoms in total. The molecule has 1 aromatic heterocycles. The third-order valence-corrected chi connectivity index (χ3v) is 6.07. The van der Waals surface area contributed by atoms with Gasteiger partial charge in [-0.05, 0) is 71.0 Å². The van der Waals surface area contributed by atoms with E-state index in [2.05, 4.69) is 22.4 Å². The summed E-state index contributed by atoms with van der Waals surface area (Å²) >= 11 is 0. The normalized spacial score (nSPS) is 16.4. The number of aryl methyl sites for hydroxylation is 2. The molecule has 3 aromatic carbocycles. The standard InChI is InChI=1S/C25H25N3O3/c1-28-23-11-7-19(14-22(23)26-27-28)25(29)18-6-5-17-8-12-24(21(17)13-18)31-15-16-3-9-20(30-2)10-4-16/h3-7,9-11,13-14,24-25,29H,8,12,15H2,1-2H3. The van der Waals surface area contributed by atoms with Crippen LogP contribution in [0, 0.1) is 0 Å². The van der Waals surface area contributed by atoms with Crippen LogP contribution in [0.3, 0.4) is 0 Å². The summed E-state index contributed by atoms with van der Waals surface area (Å²) in [5, 5.41) is 19.2. The molecule has 1 heterocycles. The molecule has 2 unspecified atom stereocenters. The minimum atomic E-state index is -0.723. The van der Waals surface area contributed by atoms with Crippen LogP contribution >= 0.6 is 0 Å². The fourth-order valence-electron chi connectivity index (χ4n) is 4.26. The second kappa shape index (κ2) is 8.13. The zero-order valence-corrected chi connectivity index (χ0v) is 17.7. The molecule has 31 heavy (non-hydrogen) atoms. The monoisotopic (exact) mass is 415 g/mol. The molecule has 0 aliphatic heterocycles. The second-order valence-electron chi connectivity index (χ2n) is 8.01. The fraction of sp³-hybridized carbons (Fsp3) is 0.280. The molecule has 4 aromatic rings. The Morgan fingerprint density at radius 3 is 2.65 bits per heavy atom. The van der Waals surface area contributed by atoms with Gasteiger partial charge in [-0.25, -0.2) is 4.68 Å². The number of nitrogens with zero attached hydrogens (tertiary/aromatic N) is 3. The van der Waals surface area contributed by atoms with Gasteiger partial charge in [0.15, 0.2) is 0 Å². The van der Waals surface area contributed by atoms with E-state index in [9.17, 15) is 5.11 Å². The number of hydrogen-bond donors (Lipinski definition) is 1. The smallest absolute Gasteiger partial charge is 0.118 e. The van der Waals surface area contributed by atoms with E-state index in [1.165, 1.54) is 11.1 Å². The molecular weight excluding hydrogens is 390 g/mol. The first kappa shape index (κ1) is 19.7. The number of aliphatic hydroxyl groups excluding tert-OH is 1. The van der Waals surface area contributed by atoms with Crippen molar-refractivity contribution in [3.8, 4) is 5.75 Å². The number of ether oxygens (including phenoxy) is 2. The Hall–Kier alpha value is -3.22. The summed E-state index contributed by atoms with van der Waals surface area (Å²) in [6, 6.07) is 19.9. The lowest BCUT2D eigenvalue weighted by molar-refractivity contribution is 0.0409. The summed E-state index contributed by atoms with van der Waals surface area (Å²) in [5.74, 6) is 0.841. The van der Waals surface area contributed by atoms with Gasteiger partial charge >= 0.3 is 0 Å². The van der Waals surface area contributed by atoms with Gasteiger partial charge in [0.1, 0.15) is 17.4 Å². The van der Waals surface area contributed by atoms with Crippen molar-refractivity contribution in [3.05, 3.63) is 88.5 Å². The molecule has 0 amide bonds. The molecule has 0 saturated heterocycles. The molecule has 158 valence electrons. The van der Waals surface area contributed by atoms with E-state index in [0.29, 0.717) is 6.61 Å². The Morgan fingerprint density at radius 2 is 1.84 bits per heavy atom. The molecule has 0 bridgehead atoms. The lowest BCUT2D eigenvalue weighted by atomic mass is 9.97. The largest absolute Gasteiger partial charge is 0.497 e. The molecule has 0 saturated carbocycles. The van der Waals surface area contributed by atoms with Crippen LogP contribution in [0.4, 0.5) is 0 Å². The topological polar surface area (TPSA) is 69.4 Å². The maximum Gasteiger partial charge on any atom is 0.118 e. The highest BCUT2D eigenvalue weighted by Gasteiger charge is 2.25. The zero-order valence-electron chi connectivity index (χ0n) is 17.7. The number of hydrogen-bond acceptors (Lipinski definition) is 5. The van der Waals surface area contributed by atoms with Crippen LogP contribution in [0.5, 0.6) is 5.75 Å². The van der Waals surface area contributed by atoms with Crippen molar-refractivity contribution in [2.75, 3.05) is 7.11 Å². The molecule has 5 rings (SSSR count). The van der Waals surface area contributed by atoms with E-state index in [1.807, 2.05) is 55.6 Å². The van der Waals surface area contributed by atoms with Crippen molar-refractivity contribution < 1.29 is 14.6 Å². The van der Waals surface area contributed by atoms with E-state index in [0.717, 1.165) is 46.3 Å². The van der Waals surface area contributed by atoms with Crippen molar-refractivity contribution in [2.24, 2.45) is 7.05 Å². The quantitative estimate of drug-likeness (QED) is 0.510. The first-order valence-corrected chi connectivity index (χ1v) is 10.5. The lowest BCUT2D eigenvalue weighted by Crippen LogP contribution is -2.04. The van der Waals surface area contributed by atoms with Crippen molar-refractivity contribution in [3.63, 3.8) is 0 Å². The number of aliphatic hydroxyl groups is 1. The Bertz CT molecular complexity index is 1220. The molecule has 1 aliphatic rings. The number of fused-ring (bicyclic) bond motifs is 2. The molecule has 0 radical (unpaired) electrons. The van der Waals surface area contributed by atoms with E-state index < -0.39 is 6.10 Å². The Labute approximate surface area is 181 Å².